The molecule has 1 fully saturated rings. The van der Waals surface area contributed by atoms with E-state index in [4.69, 9.17) is 10.5 Å². The molecule has 1 aliphatic rings. The summed E-state index contributed by atoms with van der Waals surface area (Å²) in [5, 5.41) is 0. The molecule has 1 heterocycles. The van der Waals surface area contributed by atoms with Crippen LogP contribution in [-0.4, -0.2) is 42.6 Å². The number of nitrogens with zero attached hydrogens (tertiary/aromatic N) is 1. The van der Waals surface area contributed by atoms with E-state index in [1.807, 2.05) is 7.05 Å². The fourth-order valence-electron chi connectivity index (χ4n) is 2.10. The Labute approximate surface area is 91.8 Å². The molecule has 0 aromatic heterocycles. The van der Waals surface area contributed by atoms with Crippen molar-refractivity contribution in [3.05, 3.63) is 0 Å². The lowest BCUT2D eigenvalue weighted by molar-refractivity contribution is -0.138. The fraction of sp³-hybridized carbons (Fsp3) is 0.909. The molecule has 1 amide bonds. The third kappa shape index (κ3) is 2.49. The summed E-state index contributed by atoms with van der Waals surface area (Å²) in [5.74, 6) is 0.0219. The van der Waals surface area contributed by atoms with Gasteiger partial charge in [0.25, 0.3) is 0 Å². The van der Waals surface area contributed by atoms with E-state index in [-0.39, 0.29) is 5.91 Å². The molecule has 1 atom stereocenters. The summed E-state index contributed by atoms with van der Waals surface area (Å²) in [6.07, 6.45) is 2.57. The Hall–Kier alpha value is -0.610. The lowest BCUT2D eigenvalue weighted by Gasteiger charge is -2.32. The molecule has 0 bridgehead atoms. The molecule has 4 nitrogen and oxygen atoms in total. The van der Waals surface area contributed by atoms with Crippen molar-refractivity contribution < 1.29 is 9.53 Å². The van der Waals surface area contributed by atoms with Gasteiger partial charge < -0.3 is 15.4 Å². The SMILES string of the molecule is CCC(CC)N(C)C(=O)C1(N)CCOC1. The van der Waals surface area contributed by atoms with Gasteiger partial charge in [-0.1, -0.05) is 13.8 Å². The number of ether oxygens (including phenoxy) is 1. The molecule has 1 saturated heterocycles. The summed E-state index contributed by atoms with van der Waals surface area (Å²) in [6.45, 7) is 5.13. The molecule has 4 heteroatoms. The second-order valence-electron chi connectivity index (χ2n) is 4.35. The van der Waals surface area contributed by atoms with E-state index in [1.54, 1.807) is 4.90 Å². The highest BCUT2D eigenvalue weighted by Gasteiger charge is 2.41. The molecule has 0 spiro atoms. The van der Waals surface area contributed by atoms with Crippen LogP contribution in [0.4, 0.5) is 0 Å². The molecule has 0 radical (unpaired) electrons. The fourth-order valence-corrected chi connectivity index (χ4v) is 2.10. The Bertz CT molecular complexity index is 221. The van der Waals surface area contributed by atoms with Gasteiger partial charge in [-0.15, -0.1) is 0 Å². The number of nitrogens with two attached hydrogens (primary N) is 1. The second-order valence-corrected chi connectivity index (χ2v) is 4.35. The standard InChI is InChI=1S/C11H22N2O2/c1-4-9(5-2)13(3)10(14)11(12)6-7-15-8-11/h9H,4-8,12H2,1-3H3. The molecule has 2 N–H and O–H groups in total. The van der Waals surface area contributed by atoms with Gasteiger partial charge in [0.15, 0.2) is 0 Å². The van der Waals surface area contributed by atoms with Crippen LogP contribution in [0.15, 0.2) is 0 Å². The van der Waals surface area contributed by atoms with E-state index in [2.05, 4.69) is 13.8 Å². The number of carbonyl (C=O) groups is 1. The van der Waals surface area contributed by atoms with Crippen molar-refractivity contribution in [3.8, 4) is 0 Å². The first-order valence-corrected chi connectivity index (χ1v) is 5.69. The Balaban J connectivity index is 2.66. The van der Waals surface area contributed by atoms with Gasteiger partial charge in [0.2, 0.25) is 5.91 Å². The van der Waals surface area contributed by atoms with Crippen LogP contribution in [-0.2, 0) is 9.53 Å². The van der Waals surface area contributed by atoms with Gasteiger partial charge in [-0.2, -0.15) is 0 Å². The average Bonchev–Trinajstić information content (AvgIpc) is 2.67. The van der Waals surface area contributed by atoms with Crippen LogP contribution in [0, 0.1) is 0 Å². The molecule has 0 aromatic rings. The van der Waals surface area contributed by atoms with Crippen molar-refractivity contribution in [1.29, 1.82) is 0 Å². The quantitative estimate of drug-likeness (QED) is 0.751. The van der Waals surface area contributed by atoms with Crippen molar-refractivity contribution in [2.75, 3.05) is 20.3 Å². The molecule has 0 aliphatic carbocycles. The van der Waals surface area contributed by atoms with E-state index in [1.165, 1.54) is 0 Å². The topological polar surface area (TPSA) is 55.6 Å². The minimum absolute atomic E-state index is 0.0219. The highest BCUT2D eigenvalue weighted by atomic mass is 16.5. The van der Waals surface area contributed by atoms with Crippen LogP contribution in [0.25, 0.3) is 0 Å². The smallest absolute Gasteiger partial charge is 0.245 e. The summed E-state index contributed by atoms with van der Waals surface area (Å²) < 4.78 is 5.21. The lowest BCUT2D eigenvalue weighted by atomic mass is 9.97. The van der Waals surface area contributed by atoms with E-state index < -0.39 is 5.54 Å². The van der Waals surface area contributed by atoms with Crippen LogP contribution in [0.2, 0.25) is 0 Å². The third-order valence-electron chi connectivity index (χ3n) is 3.29. The molecular weight excluding hydrogens is 192 g/mol. The average molecular weight is 214 g/mol. The zero-order valence-corrected chi connectivity index (χ0v) is 9.95. The molecule has 15 heavy (non-hydrogen) atoms. The Morgan fingerprint density at radius 1 is 1.53 bits per heavy atom. The summed E-state index contributed by atoms with van der Waals surface area (Å²) in [7, 11) is 1.84. The van der Waals surface area contributed by atoms with Crippen LogP contribution >= 0.6 is 0 Å². The van der Waals surface area contributed by atoms with Crippen LogP contribution < -0.4 is 5.73 Å². The number of amides is 1. The first-order chi connectivity index (χ1) is 7.05. The van der Waals surface area contributed by atoms with E-state index in [0.717, 1.165) is 12.8 Å². The summed E-state index contributed by atoms with van der Waals surface area (Å²) >= 11 is 0. The number of likely N-dealkylation sites (N-methyl/N-ethyl adjacent to an activating group) is 1. The van der Waals surface area contributed by atoms with Gasteiger partial charge in [0, 0.05) is 19.7 Å². The summed E-state index contributed by atoms with van der Waals surface area (Å²) in [5.41, 5.74) is 5.25. The number of hydrogen-bond acceptors (Lipinski definition) is 3. The molecule has 0 saturated carbocycles. The zero-order valence-electron chi connectivity index (χ0n) is 9.95. The van der Waals surface area contributed by atoms with E-state index in [9.17, 15) is 4.79 Å². The number of carbonyl (C=O) groups excluding carboxylic acids is 1. The molecular formula is C11H22N2O2. The lowest BCUT2D eigenvalue weighted by Crippen LogP contribution is -2.57. The molecule has 1 rings (SSSR count). The minimum Gasteiger partial charge on any atom is -0.379 e. The van der Waals surface area contributed by atoms with Crippen molar-refractivity contribution in [3.63, 3.8) is 0 Å². The predicted octanol–water partition coefficient (Wildman–Crippen LogP) is 0.751. The van der Waals surface area contributed by atoms with Crippen molar-refractivity contribution in [1.82, 2.24) is 4.90 Å². The van der Waals surface area contributed by atoms with Crippen molar-refractivity contribution >= 4 is 5.91 Å². The maximum absolute atomic E-state index is 12.1. The number of rotatable bonds is 4. The van der Waals surface area contributed by atoms with E-state index >= 15 is 0 Å². The monoisotopic (exact) mass is 214 g/mol. The maximum Gasteiger partial charge on any atom is 0.245 e. The molecule has 1 aliphatic heterocycles. The predicted molar refractivity (Wildman–Crippen MR) is 59.5 cm³/mol. The van der Waals surface area contributed by atoms with Gasteiger partial charge in [-0.05, 0) is 19.3 Å². The van der Waals surface area contributed by atoms with Gasteiger partial charge in [0.1, 0.15) is 5.54 Å². The molecule has 1 unspecified atom stereocenters. The van der Waals surface area contributed by atoms with Gasteiger partial charge >= 0.3 is 0 Å². The van der Waals surface area contributed by atoms with Gasteiger partial charge in [0.05, 0.1) is 6.61 Å². The van der Waals surface area contributed by atoms with Crippen LogP contribution in [0.3, 0.4) is 0 Å². The normalized spacial score (nSPS) is 25.9. The zero-order chi connectivity index (χ0) is 11.5. The maximum atomic E-state index is 12.1. The van der Waals surface area contributed by atoms with Gasteiger partial charge in [-0.25, -0.2) is 0 Å². The first-order valence-electron chi connectivity index (χ1n) is 5.69. The summed E-state index contributed by atoms with van der Waals surface area (Å²) in [6, 6.07) is 0.290. The second kappa shape index (κ2) is 4.94. The third-order valence-corrected chi connectivity index (χ3v) is 3.29. The minimum atomic E-state index is -0.780. The van der Waals surface area contributed by atoms with Crippen LogP contribution in [0.5, 0.6) is 0 Å². The highest BCUT2D eigenvalue weighted by molar-refractivity contribution is 5.86. The summed E-state index contributed by atoms with van der Waals surface area (Å²) in [4.78, 5) is 13.9. The Kier molecular flexibility index (Phi) is 4.11. The van der Waals surface area contributed by atoms with Gasteiger partial charge in [-0.3, -0.25) is 4.79 Å². The van der Waals surface area contributed by atoms with Crippen LogP contribution in [0.1, 0.15) is 33.1 Å². The first kappa shape index (κ1) is 12.5. The van der Waals surface area contributed by atoms with Crippen molar-refractivity contribution in [2.24, 2.45) is 5.73 Å². The highest BCUT2D eigenvalue weighted by Crippen LogP contribution is 2.20. The molecule has 0 aromatic carbocycles. The number of hydrogen-bond donors (Lipinski definition) is 1. The Morgan fingerprint density at radius 3 is 2.53 bits per heavy atom. The van der Waals surface area contributed by atoms with E-state index in [0.29, 0.717) is 25.7 Å². The van der Waals surface area contributed by atoms with Crippen molar-refractivity contribution in [2.45, 2.75) is 44.7 Å². The Morgan fingerprint density at radius 2 is 2.13 bits per heavy atom. The largest absolute Gasteiger partial charge is 0.379 e. The molecule has 88 valence electrons.